The standard InChI is InChI=1S/C8H3BrF6INO/c9-1-4-6(18-8(13,14)15)5(16)3(2-17-4)7(10,11)12/h2H,1H2. The van der Waals surface area contributed by atoms with E-state index in [1.54, 1.807) is 0 Å². The summed E-state index contributed by atoms with van der Waals surface area (Å²) in [5.74, 6) is -0.935. The molecule has 10 heteroatoms. The SMILES string of the molecule is FC(F)(F)Oc1c(CBr)ncc(C(F)(F)F)c1I. The predicted octanol–water partition coefficient (Wildman–Crippen LogP) is 4.50. The van der Waals surface area contributed by atoms with Gasteiger partial charge in [-0.05, 0) is 22.6 Å². The van der Waals surface area contributed by atoms with Crippen LogP contribution in [0, 0.1) is 3.57 Å². The third kappa shape index (κ3) is 3.87. The zero-order valence-corrected chi connectivity index (χ0v) is 11.9. The molecule has 2 nitrogen and oxygen atoms in total. The summed E-state index contributed by atoms with van der Waals surface area (Å²) in [6, 6.07) is 0. The number of hydrogen-bond donors (Lipinski definition) is 0. The molecule has 0 aliphatic carbocycles. The minimum atomic E-state index is -5.08. The number of alkyl halides is 7. The molecule has 102 valence electrons. The van der Waals surface area contributed by atoms with Crippen LogP contribution in [0.4, 0.5) is 26.3 Å². The van der Waals surface area contributed by atoms with Crippen LogP contribution in [0.5, 0.6) is 5.75 Å². The molecule has 0 bridgehead atoms. The van der Waals surface area contributed by atoms with Crippen LogP contribution in [0.25, 0.3) is 0 Å². The molecule has 0 N–H and O–H groups in total. The summed E-state index contributed by atoms with van der Waals surface area (Å²) in [6.07, 6.45) is -9.40. The van der Waals surface area contributed by atoms with Gasteiger partial charge in [-0.2, -0.15) is 13.2 Å². The molecule has 1 aromatic rings. The quantitative estimate of drug-likeness (QED) is 0.377. The molecule has 18 heavy (non-hydrogen) atoms. The predicted molar refractivity (Wildman–Crippen MR) is 61.3 cm³/mol. The number of rotatable bonds is 2. The Kier molecular flexibility index (Phi) is 4.73. The Morgan fingerprint density at radius 1 is 1.22 bits per heavy atom. The average Bonchev–Trinajstić information content (AvgIpc) is 2.17. The van der Waals surface area contributed by atoms with Crippen molar-refractivity contribution in [2.45, 2.75) is 17.9 Å². The lowest BCUT2D eigenvalue weighted by atomic mass is 10.2. The molecule has 0 atom stereocenters. The van der Waals surface area contributed by atoms with Crippen molar-refractivity contribution in [1.82, 2.24) is 4.98 Å². The van der Waals surface area contributed by atoms with Gasteiger partial charge < -0.3 is 4.74 Å². The van der Waals surface area contributed by atoms with Crippen molar-refractivity contribution >= 4 is 38.5 Å². The molecular formula is C8H3BrF6INO. The van der Waals surface area contributed by atoms with E-state index in [-0.39, 0.29) is 11.0 Å². The molecule has 1 aromatic heterocycles. The van der Waals surface area contributed by atoms with Gasteiger partial charge in [-0.25, -0.2) is 0 Å². The molecule has 1 heterocycles. The molecule has 0 aromatic carbocycles. The van der Waals surface area contributed by atoms with Crippen molar-refractivity contribution < 1.29 is 31.1 Å². The molecule has 0 saturated carbocycles. The minimum absolute atomic E-state index is 0.160. The van der Waals surface area contributed by atoms with Gasteiger partial charge in [-0.1, -0.05) is 15.9 Å². The van der Waals surface area contributed by atoms with Crippen LogP contribution < -0.4 is 4.74 Å². The largest absolute Gasteiger partial charge is 0.573 e. The number of halogens is 8. The lowest BCUT2D eigenvalue weighted by Gasteiger charge is -2.16. The van der Waals surface area contributed by atoms with Gasteiger partial charge in [0.2, 0.25) is 0 Å². The van der Waals surface area contributed by atoms with E-state index in [9.17, 15) is 26.3 Å². The summed E-state index contributed by atoms with van der Waals surface area (Å²) in [7, 11) is 0. The van der Waals surface area contributed by atoms with Crippen LogP contribution >= 0.6 is 38.5 Å². The molecule has 0 unspecified atom stereocenters. The van der Waals surface area contributed by atoms with E-state index in [1.807, 2.05) is 0 Å². The zero-order chi connectivity index (χ0) is 14.1. The highest BCUT2D eigenvalue weighted by molar-refractivity contribution is 14.1. The van der Waals surface area contributed by atoms with E-state index >= 15 is 0 Å². The Bertz CT molecular complexity index is 446. The van der Waals surface area contributed by atoms with E-state index < -0.39 is 27.4 Å². The summed E-state index contributed by atoms with van der Waals surface area (Å²) in [5.41, 5.74) is -1.53. The summed E-state index contributed by atoms with van der Waals surface area (Å²) in [5, 5.41) is -0.160. The molecule has 0 aliphatic rings. The van der Waals surface area contributed by atoms with Crippen molar-refractivity contribution in [2.75, 3.05) is 0 Å². The van der Waals surface area contributed by atoms with Crippen molar-refractivity contribution in [3.05, 3.63) is 21.0 Å². The van der Waals surface area contributed by atoms with Gasteiger partial charge >= 0.3 is 12.5 Å². The lowest BCUT2D eigenvalue weighted by molar-refractivity contribution is -0.275. The minimum Gasteiger partial charge on any atom is -0.403 e. The number of hydrogen-bond acceptors (Lipinski definition) is 2. The van der Waals surface area contributed by atoms with Crippen LogP contribution in [-0.4, -0.2) is 11.3 Å². The molecule has 0 spiro atoms. The summed E-state index contributed by atoms with van der Waals surface area (Å²) in [4.78, 5) is 3.31. The normalized spacial score (nSPS) is 12.7. The fourth-order valence-corrected chi connectivity index (χ4v) is 2.28. The highest BCUT2D eigenvalue weighted by Gasteiger charge is 2.39. The first-order valence-corrected chi connectivity index (χ1v) is 6.32. The first-order chi connectivity index (χ1) is 8.06. The maximum absolute atomic E-state index is 12.5. The Balaban J connectivity index is 3.37. The number of ether oxygens (including phenoxy) is 1. The first-order valence-electron chi connectivity index (χ1n) is 4.12. The van der Waals surface area contributed by atoms with Gasteiger partial charge in [0.15, 0.2) is 5.75 Å². The van der Waals surface area contributed by atoms with Crippen LogP contribution in [0.15, 0.2) is 6.20 Å². The van der Waals surface area contributed by atoms with Crippen molar-refractivity contribution in [2.24, 2.45) is 0 Å². The highest BCUT2D eigenvalue weighted by atomic mass is 127. The van der Waals surface area contributed by atoms with Gasteiger partial charge in [-0.3, -0.25) is 4.98 Å². The fraction of sp³-hybridized carbons (Fsp3) is 0.375. The van der Waals surface area contributed by atoms with Crippen molar-refractivity contribution in [1.29, 1.82) is 0 Å². The van der Waals surface area contributed by atoms with Gasteiger partial charge in [0.1, 0.15) is 0 Å². The first kappa shape index (κ1) is 15.8. The average molecular weight is 450 g/mol. The van der Waals surface area contributed by atoms with Gasteiger partial charge in [0.25, 0.3) is 0 Å². The molecule has 0 fully saturated rings. The van der Waals surface area contributed by atoms with E-state index in [1.165, 1.54) is 0 Å². The van der Waals surface area contributed by atoms with Gasteiger partial charge in [-0.15, -0.1) is 13.2 Å². The Morgan fingerprint density at radius 3 is 2.17 bits per heavy atom. The van der Waals surface area contributed by atoms with Gasteiger partial charge in [0, 0.05) is 11.5 Å². The maximum atomic E-state index is 12.5. The van der Waals surface area contributed by atoms with Crippen LogP contribution in [0.2, 0.25) is 0 Å². The van der Waals surface area contributed by atoms with Crippen LogP contribution in [0.3, 0.4) is 0 Å². The summed E-state index contributed by atoms with van der Waals surface area (Å²) in [6.45, 7) is 0. The molecule has 1 rings (SSSR count). The number of pyridine rings is 1. The monoisotopic (exact) mass is 449 g/mol. The van der Waals surface area contributed by atoms with E-state index in [0.717, 1.165) is 22.6 Å². The molecular weight excluding hydrogens is 447 g/mol. The van der Waals surface area contributed by atoms with Crippen LogP contribution in [0.1, 0.15) is 11.3 Å². The Morgan fingerprint density at radius 2 is 1.78 bits per heavy atom. The third-order valence-electron chi connectivity index (χ3n) is 1.70. The topological polar surface area (TPSA) is 22.1 Å². The number of aromatic nitrogens is 1. The lowest BCUT2D eigenvalue weighted by Crippen LogP contribution is -2.21. The third-order valence-corrected chi connectivity index (χ3v) is 3.30. The maximum Gasteiger partial charge on any atom is 0.573 e. The van der Waals surface area contributed by atoms with Gasteiger partial charge in [0.05, 0.1) is 14.8 Å². The molecule has 0 amide bonds. The fourth-order valence-electron chi connectivity index (χ4n) is 1.02. The van der Waals surface area contributed by atoms with Crippen LogP contribution in [-0.2, 0) is 11.5 Å². The molecule has 0 radical (unpaired) electrons. The van der Waals surface area contributed by atoms with E-state index in [0.29, 0.717) is 6.20 Å². The Labute approximate surface area is 119 Å². The number of nitrogens with zero attached hydrogens (tertiary/aromatic N) is 1. The zero-order valence-electron chi connectivity index (χ0n) is 8.16. The Hall–Kier alpha value is -0.260. The van der Waals surface area contributed by atoms with E-state index in [4.69, 9.17) is 0 Å². The second kappa shape index (κ2) is 5.39. The second-order valence-corrected chi connectivity index (χ2v) is 4.58. The highest BCUT2D eigenvalue weighted by Crippen LogP contribution is 2.39. The summed E-state index contributed by atoms with van der Waals surface area (Å²) < 4.78 is 76.8. The van der Waals surface area contributed by atoms with Crippen molar-refractivity contribution in [3.8, 4) is 5.75 Å². The molecule has 0 saturated heterocycles. The molecule has 0 aliphatic heterocycles. The summed E-state index contributed by atoms with van der Waals surface area (Å²) >= 11 is 3.98. The van der Waals surface area contributed by atoms with Crippen molar-refractivity contribution in [3.63, 3.8) is 0 Å². The van der Waals surface area contributed by atoms with E-state index in [2.05, 4.69) is 25.7 Å². The second-order valence-electron chi connectivity index (χ2n) is 2.94. The smallest absolute Gasteiger partial charge is 0.403 e.